The number of rotatable bonds is 4. The van der Waals surface area contributed by atoms with Crippen LogP contribution in [0.1, 0.15) is 10.4 Å². The van der Waals surface area contributed by atoms with Gasteiger partial charge in [0.05, 0.1) is 5.56 Å². The Bertz CT molecular complexity index is 521. The van der Waals surface area contributed by atoms with E-state index in [9.17, 15) is 27.2 Å². The number of carbonyl (C=O) groups excluding carboxylic acids is 1. The van der Waals surface area contributed by atoms with Crippen LogP contribution in [0, 0.1) is 0 Å². The molecule has 0 spiro atoms. The highest BCUT2D eigenvalue weighted by molar-refractivity contribution is 9.10. The molecular weight excluding hydrogens is 338 g/mol. The van der Waals surface area contributed by atoms with Gasteiger partial charge in [-0.25, -0.2) is 13.6 Å². The summed E-state index contributed by atoms with van der Waals surface area (Å²) in [6, 6.07) is 3.13. The number of hydrogen-bond donors (Lipinski definition) is 2. The summed E-state index contributed by atoms with van der Waals surface area (Å²) < 4.78 is 49.5. The molecule has 1 amide bonds. The van der Waals surface area contributed by atoms with Gasteiger partial charge in [-0.15, -0.1) is 0 Å². The van der Waals surface area contributed by atoms with Gasteiger partial charge in [0.2, 0.25) is 0 Å². The van der Waals surface area contributed by atoms with Crippen LogP contribution in [-0.4, -0.2) is 29.3 Å². The second kappa shape index (κ2) is 5.55. The molecule has 2 N–H and O–H groups in total. The lowest BCUT2D eigenvalue weighted by atomic mass is 10.2. The van der Waals surface area contributed by atoms with Gasteiger partial charge in [0.15, 0.2) is 0 Å². The Balaban J connectivity index is 3.00. The van der Waals surface area contributed by atoms with Crippen molar-refractivity contribution < 1.29 is 32.3 Å². The average Bonchev–Trinajstić information content (AvgIpc) is 2.27. The van der Waals surface area contributed by atoms with E-state index in [1.54, 1.807) is 0 Å². The Morgan fingerprint density at radius 1 is 1.26 bits per heavy atom. The summed E-state index contributed by atoms with van der Waals surface area (Å²) in [6.07, 6.45) is -4.15. The van der Waals surface area contributed by atoms with Gasteiger partial charge < -0.3 is 10.4 Å². The molecule has 1 aromatic rings. The van der Waals surface area contributed by atoms with Gasteiger partial charge in [-0.2, -0.15) is 8.78 Å². The van der Waals surface area contributed by atoms with Crippen molar-refractivity contribution in [2.45, 2.75) is 12.3 Å². The minimum Gasteiger partial charge on any atom is -0.478 e. The first kappa shape index (κ1) is 15.4. The van der Waals surface area contributed by atoms with Gasteiger partial charge in [-0.05, 0) is 18.2 Å². The number of anilines is 1. The number of hydrogen-bond acceptors (Lipinski definition) is 2. The molecule has 104 valence electrons. The Hall–Kier alpha value is -1.64. The number of alkyl halides is 4. The summed E-state index contributed by atoms with van der Waals surface area (Å²) >= 11 is 2.90. The molecule has 1 rings (SSSR count). The number of aromatic carboxylic acids is 1. The van der Waals surface area contributed by atoms with Crippen LogP contribution in [0.5, 0.6) is 0 Å². The zero-order valence-corrected chi connectivity index (χ0v) is 10.5. The molecule has 19 heavy (non-hydrogen) atoms. The molecule has 0 heterocycles. The third kappa shape index (κ3) is 3.66. The first-order valence-corrected chi connectivity index (χ1v) is 5.45. The van der Waals surface area contributed by atoms with E-state index < -0.39 is 24.2 Å². The molecule has 0 atom stereocenters. The maximum absolute atomic E-state index is 12.7. The Morgan fingerprint density at radius 2 is 1.84 bits per heavy atom. The molecule has 0 aliphatic heterocycles. The smallest absolute Gasteiger partial charge is 0.383 e. The number of amides is 1. The molecule has 0 aliphatic carbocycles. The van der Waals surface area contributed by atoms with Gasteiger partial charge in [0.1, 0.15) is 0 Å². The molecule has 0 aliphatic rings. The minimum absolute atomic E-state index is 0.183. The van der Waals surface area contributed by atoms with Crippen LogP contribution in [-0.2, 0) is 4.79 Å². The van der Waals surface area contributed by atoms with E-state index in [0.717, 1.165) is 18.2 Å². The normalized spacial score (nSPS) is 11.5. The highest BCUT2D eigenvalue weighted by Gasteiger charge is 2.48. The number of carboxylic acid groups (broad SMARTS) is 1. The Kier molecular flexibility index (Phi) is 4.51. The molecule has 1 aromatic carbocycles. The molecule has 0 fully saturated rings. The summed E-state index contributed by atoms with van der Waals surface area (Å²) in [5.41, 5.74) is -0.637. The predicted molar refractivity (Wildman–Crippen MR) is 60.7 cm³/mol. The molecule has 9 heteroatoms. The van der Waals surface area contributed by atoms with Crippen molar-refractivity contribution in [2.24, 2.45) is 0 Å². The number of carboxylic acids is 1. The molecule has 0 saturated heterocycles. The maximum Gasteiger partial charge on any atom is 0.383 e. The van der Waals surface area contributed by atoms with Crippen LogP contribution in [0.25, 0.3) is 0 Å². The number of nitrogens with one attached hydrogen (secondary N) is 1. The molecule has 0 saturated carbocycles. The molecule has 0 unspecified atom stereocenters. The molecule has 0 bridgehead atoms. The molecule has 0 aromatic heterocycles. The average molecular weight is 344 g/mol. The lowest BCUT2D eigenvalue weighted by Crippen LogP contribution is -2.41. The standard InChI is InChI=1S/C10H6BrF4NO3/c11-5-1-4(7(17)18)2-6(3-5)16-9(19)10(14,15)8(12)13/h1-3,8H,(H,16,19)(H,17,18). The van der Waals surface area contributed by atoms with Crippen molar-refractivity contribution in [3.63, 3.8) is 0 Å². The molecule has 0 radical (unpaired) electrons. The maximum atomic E-state index is 12.7. The number of benzene rings is 1. The summed E-state index contributed by atoms with van der Waals surface area (Å²) in [5.74, 6) is -8.43. The van der Waals surface area contributed by atoms with Crippen LogP contribution >= 0.6 is 15.9 Å². The SMILES string of the molecule is O=C(O)c1cc(Br)cc(NC(=O)C(F)(F)C(F)F)c1. The quantitative estimate of drug-likeness (QED) is 0.826. The van der Waals surface area contributed by atoms with E-state index in [-0.39, 0.29) is 15.7 Å². The van der Waals surface area contributed by atoms with E-state index in [1.165, 1.54) is 5.32 Å². The van der Waals surface area contributed by atoms with Crippen molar-refractivity contribution in [3.8, 4) is 0 Å². The van der Waals surface area contributed by atoms with E-state index in [2.05, 4.69) is 15.9 Å². The summed E-state index contributed by atoms with van der Waals surface area (Å²) in [4.78, 5) is 21.7. The fraction of sp³-hybridized carbons (Fsp3) is 0.200. The van der Waals surface area contributed by atoms with Crippen LogP contribution in [0.2, 0.25) is 0 Å². The Morgan fingerprint density at radius 3 is 2.32 bits per heavy atom. The first-order chi connectivity index (χ1) is 8.64. The zero-order chi connectivity index (χ0) is 14.8. The monoisotopic (exact) mass is 343 g/mol. The third-order valence-electron chi connectivity index (χ3n) is 1.98. The molecular formula is C10H6BrF4NO3. The van der Waals surface area contributed by atoms with Crippen molar-refractivity contribution in [2.75, 3.05) is 5.32 Å². The summed E-state index contributed by atoms with van der Waals surface area (Å²) in [7, 11) is 0. The van der Waals surface area contributed by atoms with Crippen LogP contribution in [0.4, 0.5) is 23.2 Å². The van der Waals surface area contributed by atoms with Crippen molar-refractivity contribution >= 4 is 33.5 Å². The Labute approximate surface area is 112 Å². The largest absolute Gasteiger partial charge is 0.478 e. The highest BCUT2D eigenvalue weighted by atomic mass is 79.9. The second-order valence-corrected chi connectivity index (χ2v) is 4.33. The third-order valence-corrected chi connectivity index (χ3v) is 2.44. The fourth-order valence-corrected chi connectivity index (χ4v) is 1.59. The lowest BCUT2D eigenvalue weighted by molar-refractivity contribution is -0.163. The lowest BCUT2D eigenvalue weighted by Gasteiger charge is -2.15. The second-order valence-electron chi connectivity index (χ2n) is 3.41. The molecule has 4 nitrogen and oxygen atoms in total. The van der Waals surface area contributed by atoms with Gasteiger partial charge in [-0.3, -0.25) is 4.79 Å². The predicted octanol–water partition coefficient (Wildman–Crippen LogP) is 2.99. The van der Waals surface area contributed by atoms with Gasteiger partial charge in [0, 0.05) is 10.2 Å². The summed E-state index contributed by atoms with van der Waals surface area (Å²) in [5, 5.41) is 10.3. The van der Waals surface area contributed by atoms with Crippen LogP contribution in [0.15, 0.2) is 22.7 Å². The number of carbonyl (C=O) groups is 2. The van der Waals surface area contributed by atoms with Crippen LogP contribution in [0.3, 0.4) is 0 Å². The van der Waals surface area contributed by atoms with Crippen LogP contribution < -0.4 is 5.32 Å². The first-order valence-electron chi connectivity index (χ1n) is 4.66. The minimum atomic E-state index is -4.86. The summed E-state index contributed by atoms with van der Waals surface area (Å²) in [6.45, 7) is 0. The van der Waals surface area contributed by atoms with Gasteiger partial charge >= 0.3 is 24.2 Å². The van der Waals surface area contributed by atoms with E-state index >= 15 is 0 Å². The van der Waals surface area contributed by atoms with E-state index in [1.807, 2.05) is 0 Å². The van der Waals surface area contributed by atoms with Crippen molar-refractivity contribution in [1.82, 2.24) is 0 Å². The topological polar surface area (TPSA) is 66.4 Å². The van der Waals surface area contributed by atoms with E-state index in [0.29, 0.717) is 0 Å². The highest BCUT2D eigenvalue weighted by Crippen LogP contribution is 2.26. The van der Waals surface area contributed by atoms with Gasteiger partial charge in [0.25, 0.3) is 0 Å². The van der Waals surface area contributed by atoms with E-state index in [4.69, 9.17) is 5.11 Å². The van der Waals surface area contributed by atoms with Gasteiger partial charge in [-0.1, -0.05) is 15.9 Å². The van der Waals surface area contributed by atoms with Crippen molar-refractivity contribution in [3.05, 3.63) is 28.2 Å². The van der Waals surface area contributed by atoms with Crippen molar-refractivity contribution in [1.29, 1.82) is 0 Å². The zero-order valence-electron chi connectivity index (χ0n) is 8.96. The fourth-order valence-electron chi connectivity index (χ4n) is 1.10. The number of halogens is 5.